The van der Waals surface area contributed by atoms with Crippen molar-refractivity contribution in [3.63, 3.8) is 0 Å². The number of hydrogen-bond donors (Lipinski definition) is 1. The Bertz CT molecular complexity index is 1260. The molecule has 4 rings (SSSR count). The van der Waals surface area contributed by atoms with E-state index in [1.165, 1.54) is 0 Å². The largest absolute Gasteiger partial charge is 0.383 e. The summed E-state index contributed by atoms with van der Waals surface area (Å²) >= 11 is 12.8. The van der Waals surface area contributed by atoms with Crippen molar-refractivity contribution in [2.75, 3.05) is 5.73 Å². The van der Waals surface area contributed by atoms with Crippen LogP contribution in [-0.2, 0) is 5.41 Å². The highest BCUT2D eigenvalue weighted by Gasteiger charge is 2.22. The molecule has 2 aromatic carbocycles. The first-order valence-corrected chi connectivity index (χ1v) is 10.4. The molecule has 0 unspecified atom stereocenters. The summed E-state index contributed by atoms with van der Waals surface area (Å²) < 4.78 is 0. The van der Waals surface area contributed by atoms with Crippen LogP contribution in [0.5, 0.6) is 0 Å². The quantitative estimate of drug-likeness (QED) is 0.372. The van der Waals surface area contributed by atoms with Crippen LogP contribution in [0.15, 0.2) is 48.5 Å². The van der Waals surface area contributed by atoms with Gasteiger partial charge in [-0.3, -0.25) is 0 Å². The Morgan fingerprint density at radius 1 is 0.867 bits per heavy atom. The van der Waals surface area contributed by atoms with E-state index in [4.69, 9.17) is 38.9 Å². The maximum absolute atomic E-state index is 6.68. The molecule has 0 amide bonds. The van der Waals surface area contributed by atoms with Gasteiger partial charge in [0.15, 0.2) is 5.65 Å². The maximum atomic E-state index is 6.68. The Kier molecular flexibility index (Phi) is 5.16. The number of hydrogen-bond acceptors (Lipinski definition) is 4. The van der Waals surface area contributed by atoms with Crippen molar-refractivity contribution >= 4 is 40.1 Å². The number of benzene rings is 2. The van der Waals surface area contributed by atoms with Crippen LogP contribution in [0.1, 0.15) is 32.2 Å². The molecule has 0 aliphatic carbocycles. The van der Waals surface area contributed by atoms with Crippen LogP contribution in [-0.4, -0.2) is 15.0 Å². The molecule has 6 heteroatoms. The molecule has 0 saturated carbocycles. The van der Waals surface area contributed by atoms with Gasteiger partial charge in [-0.1, -0.05) is 74.3 Å². The average molecular weight is 437 g/mol. The van der Waals surface area contributed by atoms with E-state index >= 15 is 0 Å². The molecular weight excluding hydrogens is 415 g/mol. The highest BCUT2D eigenvalue weighted by Crippen LogP contribution is 2.39. The second-order valence-electron chi connectivity index (χ2n) is 8.38. The van der Waals surface area contributed by atoms with E-state index < -0.39 is 0 Å². The van der Waals surface area contributed by atoms with Crippen molar-refractivity contribution in [3.05, 3.63) is 70.0 Å². The van der Waals surface area contributed by atoms with Gasteiger partial charge >= 0.3 is 0 Å². The van der Waals surface area contributed by atoms with Crippen molar-refractivity contribution in [1.82, 2.24) is 15.0 Å². The van der Waals surface area contributed by atoms with E-state index in [0.29, 0.717) is 32.7 Å². The Morgan fingerprint density at radius 3 is 2.23 bits per heavy atom. The molecule has 30 heavy (non-hydrogen) atoms. The van der Waals surface area contributed by atoms with Gasteiger partial charge in [0.1, 0.15) is 11.6 Å². The molecule has 2 heterocycles. The normalized spacial score (nSPS) is 11.8. The van der Waals surface area contributed by atoms with Gasteiger partial charge in [0.25, 0.3) is 0 Å². The van der Waals surface area contributed by atoms with Gasteiger partial charge < -0.3 is 5.73 Å². The first kappa shape index (κ1) is 20.6. The third-order valence-corrected chi connectivity index (χ3v) is 5.74. The number of nitrogens with two attached hydrogens (primary N) is 1. The zero-order valence-electron chi connectivity index (χ0n) is 17.3. The molecular formula is C24H22Cl2N4. The summed E-state index contributed by atoms with van der Waals surface area (Å²) in [5.41, 5.74) is 11.1. The third kappa shape index (κ3) is 3.73. The van der Waals surface area contributed by atoms with Gasteiger partial charge in [-0.2, -0.15) is 0 Å². The van der Waals surface area contributed by atoms with Crippen LogP contribution in [0.4, 0.5) is 5.82 Å². The van der Waals surface area contributed by atoms with Crippen LogP contribution in [0.2, 0.25) is 10.0 Å². The fourth-order valence-electron chi connectivity index (χ4n) is 3.30. The smallest absolute Gasteiger partial charge is 0.165 e. The summed E-state index contributed by atoms with van der Waals surface area (Å²) in [7, 11) is 0. The second kappa shape index (κ2) is 7.53. The Balaban J connectivity index is 2.08. The number of nitrogens with zero attached hydrogens (tertiary/aromatic N) is 3. The number of aromatic nitrogens is 3. The lowest BCUT2D eigenvalue weighted by atomic mass is 9.95. The summed E-state index contributed by atoms with van der Waals surface area (Å²) in [5.74, 6) is 1.06. The fourth-order valence-corrected chi connectivity index (χ4v) is 3.64. The van der Waals surface area contributed by atoms with Gasteiger partial charge in [0, 0.05) is 21.6 Å². The van der Waals surface area contributed by atoms with Gasteiger partial charge in [-0.15, -0.1) is 0 Å². The van der Waals surface area contributed by atoms with Gasteiger partial charge in [-0.05, 0) is 36.2 Å². The van der Waals surface area contributed by atoms with Crippen molar-refractivity contribution in [2.24, 2.45) is 0 Å². The molecule has 0 saturated heterocycles. The molecule has 4 nitrogen and oxygen atoms in total. The number of halogens is 2. The minimum absolute atomic E-state index is 0.250. The van der Waals surface area contributed by atoms with Crippen LogP contribution in [0, 0.1) is 6.92 Å². The van der Waals surface area contributed by atoms with Crippen molar-refractivity contribution in [3.8, 4) is 22.4 Å². The zero-order chi connectivity index (χ0) is 21.6. The lowest BCUT2D eigenvalue weighted by Gasteiger charge is -2.19. The van der Waals surface area contributed by atoms with Crippen LogP contribution < -0.4 is 5.73 Å². The number of nitrogen functional groups attached to an aromatic ring is 1. The highest BCUT2D eigenvalue weighted by molar-refractivity contribution is 6.34. The predicted octanol–water partition coefficient (Wildman–Crippen LogP) is 6.85. The summed E-state index contributed by atoms with van der Waals surface area (Å²) in [6.07, 6.45) is 0. The topological polar surface area (TPSA) is 64.7 Å². The number of rotatable bonds is 2. The van der Waals surface area contributed by atoms with Crippen LogP contribution >= 0.6 is 23.2 Å². The monoisotopic (exact) mass is 436 g/mol. The van der Waals surface area contributed by atoms with Gasteiger partial charge in [-0.25, -0.2) is 15.0 Å². The van der Waals surface area contributed by atoms with Crippen LogP contribution in [0.25, 0.3) is 33.4 Å². The Labute approximate surface area is 186 Å². The molecule has 0 aliphatic heterocycles. The minimum atomic E-state index is -0.250. The standard InChI is InChI=1S/C24H22Cl2N4/c1-13-6-5-7-16(19(13)26)20-17(14-8-10-15(25)11-9-14)12-18-21(27)29-23(24(2,3)4)30-22(18)28-20/h5-12H,1-4H3,(H2,27,28,29,30). The number of pyridine rings is 1. The summed E-state index contributed by atoms with van der Waals surface area (Å²) in [6, 6.07) is 15.5. The molecule has 0 atom stereocenters. The zero-order valence-corrected chi connectivity index (χ0v) is 18.8. The van der Waals surface area contributed by atoms with Crippen molar-refractivity contribution in [1.29, 1.82) is 0 Å². The number of aryl methyl sites for hydroxylation is 1. The van der Waals surface area contributed by atoms with E-state index in [-0.39, 0.29) is 5.41 Å². The summed E-state index contributed by atoms with van der Waals surface area (Å²) in [5, 5.41) is 2.04. The van der Waals surface area contributed by atoms with E-state index in [2.05, 4.69) is 4.98 Å². The first-order chi connectivity index (χ1) is 14.1. The summed E-state index contributed by atoms with van der Waals surface area (Å²) in [4.78, 5) is 14.2. The third-order valence-electron chi connectivity index (χ3n) is 4.99. The Hall–Kier alpha value is -2.69. The lowest BCUT2D eigenvalue weighted by molar-refractivity contribution is 0.549. The Morgan fingerprint density at radius 2 is 1.57 bits per heavy atom. The SMILES string of the molecule is Cc1cccc(-c2nc3nc(C(C)(C)C)nc(N)c3cc2-c2ccc(Cl)cc2)c1Cl. The highest BCUT2D eigenvalue weighted by atomic mass is 35.5. The minimum Gasteiger partial charge on any atom is -0.383 e. The maximum Gasteiger partial charge on any atom is 0.165 e. The molecule has 0 bridgehead atoms. The molecule has 0 spiro atoms. The van der Waals surface area contributed by atoms with E-state index in [1.807, 2.05) is 76.2 Å². The molecule has 2 aromatic heterocycles. The number of anilines is 1. The van der Waals surface area contributed by atoms with Crippen LogP contribution in [0.3, 0.4) is 0 Å². The van der Waals surface area contributed by atoms with Gasteiger partial charge in [0.05, 0.1) is 16.1 Å². The van der Waals surface area contributed by atoms with E-state index in [1.54, 1.807) is 0 Å². The average Bonchev–Trinajstić information content (AvgIpc) is 2.69. The fraction of sp³-hybridized carbons (Fsp3) is 0.208. The summed E-state index contributed by atoms with van der Waals surface area (Å²) in [6.45, 7) is 8.13. The molecule has 152 valence electrons. The van der Waals surface area contributed by atoms with E-state index in [9.17, 15) is 0 Å². The van der Waals surface area contributed by atoms with Gasteiger partial charge in [0.2, 0.25) is 0 Å². The predicted molar refractivity (Wildman–Crippen MR) is 126 cm³/mol. The second-order valence-corrected chi connectivity index (χ2v) is 9.20. The van der Waals surface area contributed by atoms with Crippen molar-refractivity contribution in [2.45, 2.75) is 33.1 Å². The van der Waals surface area contributed by atoms with E-state index in [0.717, 1.165) is 27.9 Å². The first-order valence-electron chi connectivity index (χ1n) is 9.65. The molecule has 2 N–H and O–H groups in total. The van der Waals surface area contributed by atoms with Crippen molar-refractivity contribution < 1.29 is 0 Å². The molecule has 0 fully saturated rings. The molecule has 0 aliphatic rings. The molecule has 0 radical (unpaired) electrons. The number of fused-ring (bicyclic) bond motifs is 1. The lowest BCUT2D eigenvalue weighted by Crippen LogP contribution is -2.17. The molecule has 4 aromatic rings.